The Morgan fingerprint density at radius 3 is 2.49 bits per heavy atom. The quantitative estimate of drug-likeness (QED) is 0.372. The van der Waals surface area contributed by atoms with E-state index in [0.29, 0.717) is 29.8 Å². The van der Waals surface area contributed by atoms with E-state index in [9.17, 15) is 12.8 Å². The molecule has 6 nitrogen and oxygen atoms in total. The van der Waals surface area contributed by atoms with Gasteiger partial charge in [-0.05, 0) is 66.7 Å². The minimum absolute atomic E-state index is 0.0915. The summed E-state index contributed by atoms with van der Waals surface area (Å²) in [6.07, 6.45) is 3.95. The first kappa shape index (κ1) is 25.3. The standard InChI is InChI=1S/C26H31FN4O2S2/c1-19(2)15-31-24(14-28-26(31)35(32,33)18-21-6-4-3-5-7-21)17-30(16-20-8-9-20)25(34)29-23-12-10-22(27)11-13-23/h3-7,10-14,19-20H,8-9,15-18H2,1-2H3,(H,29,34). The number of rotatable bonds is 10. The minimum Gasteiger partial charge on any atom is -0.343 e. The molecule has 1 aliphatic carbocycles. The van der Waals surface area contributed by atoms with Gasteiger partial charge in [0.15, 0.2) is 5.11 Å². The second-order valence-corrected chi connectivity index (χ2v) is 11.8. The van der Waals surface area contributed by atoms with Crippen molar-refractivity contribution in [3.05, 3.63) is 77.9 Å². The Balaban J connectivity index is 1.59. The maximum Gasteiger partial charge on any atom is 0.228 e. The average molecular weight is 515 g/mol. The van der Waals surface area contributed by atoms with E-state index in [1.54, 1.807) is 18.3 Å². The summed E-state index contributed by atoms with van der Waals surface area (Å²) in [6, 6.07) is 15.2. The first-order valence-corrected chi connectivity index (χ1v) is 13.9. The lowest BCUT2D eigenvalue weighted by Gasteiger charge is -2.27. The normalized spacial score (nSPS) is 13.7. The van der Waals surface area contributed by atoms with Crippen LogP contribution in [0.15, 0.2) is 66.0 Å². The topological polar surface area (TPSA) is 67.2 Å². The third kappa shape index (κ3) is 6.89. The summed E-state index contributed by atoms with van der Waals surface area (Å²) in [5, 5.41) is 3.81. The number of aromatic nitrogens is 2. The molecule has 0 bridgehead atoms. The highest BCUT2D eigenvalue weighted by Crippen LogP contribution is 2.31. The molecule has 9 heteroatoms. The molecule has 0 amide bonds. The fourth-order valence-electron chi connectivity index (χ4n) is 3.95. The third-order valence-corrected chi connectivity index (χ3v) is 7.79. The number of sulfone groups is 1. The van der Waals surface area contributed by atoms with Gasteiger partial charge in [-0.2, -0.15) is 0 Å². The number of nitrogens with one attached hydrogen (secondary N) is 1. The molecule has 3 aromatic rings. The second kappa shape index (κ2) is 10.9. The number of halogens is 1. The van der Waals surface area contributed by atoms with Crippen molar-refractivity contribution in [3.63, 3.8) is 0 Å². The first-order chi connectivity index (χ1) is 16.7. The molecule has 0 unspecified atom stereocenters. The maximum absolute atomic E-state index is 13.3. The van der Waals surface area contributed by atoms with Crippen molar-refractivity contribution >= 4 is 32.9 Å². The number of hydrogen-bond acceptors (Lipinski definition) is 4. The van der Waals surface area contributed by atoms with E-state index in [1.807, 2.05) is 34.9 Å². The Morgan fingerprint density at radius 2 is 1.86 bits per heavy atom. The van der Waals surface area contributed by atoms with Gasteiger partial charge in [-0.1, -0.05) is 44.2 Å². The second-order valence-electron chi connectivity index (χ2n) is 9.54. The Kier molecular flexibility index (Phi) is 7.86. The van der Waals surface area contributed by atoms with Crippen molar-refractivity contribution in [2.75, 3.05) is 11.9 Å². The van der Waals surface area contributed by atoms with Crippen molar-refractivity contribution in [2.24, 2.45) is 11.8 Å². The van der Waals surface area contributed by atoms with E-state index in [1.165, 1.54) is 12.1 Å². The van der Waals surface area contributed by atoms with Crippen molar-refractivity contribution in [2.45, 2.75) is 50.7 Å². The van der Waals surface area contributed by atoms with Gasteiger partial charge < -0.3 is 14.8 Å². The summed E-state index contributed by atoms with van der Waals surface area (Å²) in [5.41, 5.74) is 2.24. The summed E-state index contributed by atoms with van der Waals surface area (Å²) >= 11 is 5.71. The number of imidazole rings is 1. The summed E-state index contributed by atoms with van der Waals surface area (Å²) < 4.78 is 41.8. The van der Waals surface area contributed by atoms with Gasteiger partial charge in [-0.15, -0.1) is 0 Å². The molecule has 1 heterocycles. The molecule has 2 aromatic carbocycles. The zero-order valence-corrected chi connectivity index (χ0v) is 21.7. The first-order valence-electron chi connectivity index (χ1n) is 11.8. The van der Waals surface area contributed by atoms with Crippen LogP contribution >= 0.6 is 12.2 Å². The number of benzene rings is 2. The Labute approximate surface area is 212 Å². The van der Waals surface area contributed by atoms with Crippen molar-refractivity contribution in [1.82, 2.24) is 14.5 Å². The molecular weight excluding hydrogens is 483 g/mol. The fraction of sp³-hybridized carbons (Fsp3) is 0.385. The maximum atomic E-state index is 13.3. The molecule has 0 radical (unpaired) electrons. The molecule has 4 rings (SSSR count). The highest BCUT2D eigenvalue weighted by atomic mass is 32.2. The van der Waals surface area contributed by atoms with Crippen LogP contribution in [0.1, 0.15) is 37.9 Å². The molecule has 1 aromatic heterocycles. The Hall–Kier alpha value is -2.78. The summed E-state index contributed by atoms with van der Waals surface area (Å²) in [7, 11) is -3.64. The fourth-order valence-corrected chi connectivity index (χ4v) is 5.71. The molecule has 1 saturated carbocycles. The molecule has 0 spiro atoms. The molecule has 1 N–H and O–H groups in total. The molecule has 1 fully saturated rings. The van der Waals surface area contributed by atoms with Crippen molar-refractivity contribution < 1.29 is 12.8 Å². The smallest absolute Gasteiger partial charge is 0.228 e. The van der Waals surface area contributed by atoms with Crippen LogP contribution in [0.2, 0.25) is 0 Å². The molecule has 35 heavy (non-hydrogen) atoms. The highest BCUT2D eigenvalue weighted by Gasteiger charge is 2.29. The Morgan fingerprint density at radius 1 is 1.17 bits per heavy atom. The van der Waals surface area contributed by atoms with Gasteiger partial charge in [0.05, 0.1) is 24.2 Å². The van der Waals surface area contributed by atoms with Crippen LogP contribution in [0.4, 0.5) is 10.1 Å². The van der Waals surface area contributed by atoms with E-state index < -0.39 is 9.84 Å². The van der Waals surface area contributed by atoms with Gasteiger partial charge in [0.25, 0.3) is 0 Å². The molecule has 186 valence electrons. The van der Waals surface area contributed by atoms with Crippen molar-refractivity contribution in [3.8, 4) is 0 Å². The van der Waals surface area contributed by atoms with Gasteiger partial charge in [0.1, 0.15) is 5.82 Å². The van der Waals surface area contributed by atoms with Crippen LogP contribution in [-0.4, -0.2) is 34.5 Å². The molecule has 0 saturated heterocycles. The van der Waals surface area contributed by atoms with E-state index in [4.69, 9.17) is 12.2 Å². The number of hydrogen-bond donors (Lipinski definition) is 1. The molecule has 0 aliphatic heterocycles. The van der Waals surface area contributed by atoms with Gasteiger partial charge >= 0.3 is 0 Å². The number of nitrogens with zero attached hydrogens (tertiary/aromatic N) is 3. The summed E-state index contributed by atoms with van der Waals surface area (Å²) in [4.78, 5) is 6.43. The zero-order valence-electron chi connectivity index (χ0n) is 20.0. The Bertz CT molecular complexity index is 1250. The van der Waals surface area contributed by atoms with E-state index >= 15 is 0 Å². The van der Waals surface area contributed by atoms with Crippen molar-refractivity contribution in [1.29, 1.82) is 0 Å². The van der Waals surface area contributed by atoms with Crippen LogP contribution in [0, 0.1) is 17.7 Å². The summed E-state index contributed by atoms with van der Waals surface area (Å²) in [6.45, 7) is 5.85. The van der Waals surface area contributed by atoms with E-state index in [0.717, 1.165) is 30.6 Å². The van der Waals surface area contributed by atoms with Gasteiger partial charge in [0.2, 0.25) is 15.0 Å². The van der Waals surface area contributed by atoms with Gasteiger partial charge in [0, 0.05) is 18.8 Å². The summed E-state index contributed by atoms with van der Waals surface area (Å²) in [5.74, 6) is 0.386. The van der Waals surface area contributed by atoms with Crippen LogP contribution < -0.4 is 5.32 Å². The predicted octanol–water partition coefficient (Wildman–Crippen LogP) is 5.26. The molecular formula is C26H31FN4O2S2. The lowest BCUT2D eigenvalue weighted by atomic mass is 10.2. The number of anilines is 1. The molecule has 0 atom stereocenters. The van der Waals surface area contributed by atoms with Crippen LogP contribution in [0.25, 0.3) is 0 Å². The van der Waals surface area contributed by atoms with E-state index in [-0.39, 0.29) is 22.6 Å². The minimum atomic E-state index is -3.64. The van der Waals surface area contributed by atoms with Gasteiger partial charge in [-0.25, -0.2) is 17.8 Å². The largest absolute Gasteiger partial charge is 0.343 e. The van der Waals surface area contributed by atoms with Gasteiger partial charge in [-0.3, -0.25) is 0 Å². The number of thiocarbonyl (C=S) groups is 1. The van der Waals surface area contributed by atoms with Crippen LogP contribution in [-0.2, 0) is 28.7 Å². The van der Waals surface area contributed by atoms with E-state index in [2.05, 4.69) is 29.0 Å². The lowest BCUT2D eigenvalue weighted by Crippen LogP contribution is -2.36. The third-order valence-electron chi connectivity index (χ3n) is 5.84. The zero-order chi connectivity index (χ0) is 25.0. The monoisotopic (exact) mass is 514 g/mol. The SMILES string of the molecule is CC(C)Cn1c(CN(CC2CC2)C(=S)Nc2ccc(F)cc2)cnc1S(=O)(=O)Cc1ccccc1. The highest BCUT2D eigenvalue weighted by molar-refractivity contribution is 7.90. The van der Waals surface area contributed by atoms with Crippen LogP contribution in [0.5, 0.6) is 0 Å². The van der Waals surface area contributed by atoms with Crippen LogP contribution in [0.3, 0.4) is 0 Å². The molecule has 1 aliphatic rings. The average Bonchev–Trinajstić information content (AvgIpc) is 3.54. The predicted molar refractivity (Wildman–Crippen MR) is 140 cm³/mol. The lowest BCUT2D eigenvalue weighted by molar-refractivity contribution is 0.374.